The van der Waals surface area contributed by atoms with Gasteiger partial charge in [0.1, 0.15) is 0 Å². The lowest BCUT2D eigenvalue weighted by Crippen LogP contribution is -2.19. The molecule has 0 saturated carbocycles. The predicted octanol–water partition coefficient (Wildman–Crippen LogP) is 3.13. The van der Waals surface area contributed by atoms with Crippen LogP contribution in [0.15, 0.2) is 11.6 Å². The molecule has 1 fully saturated rings. The summed E-state index contributed by atoms with van der Waals surface area (Å²) in [5.41, 5.74) is 1.36. The highest BCUT2D eigenvalue weighted by Crippen LogP contribution is 2.18. The molecule has 0 bridgehead atoms. The largest absolute Gasteiger partial charge is 0.378 e. The number of halogens is 1. The maximum atomic E-state index is 5.61. The second kappa shape index (κ2) is 5.60. The SMILES string of the molecule is C/C(=C\CCl)CC1CCCCO1. The van der Waals surface area contributed by atoms with Gasteiger partial charge < -0.3 is 4.74 Å². The molecule has 0 aromatic heterocycles. The molecule has 0 N–H and O–H groups in total. The van der Waals surface area contributed by atoms with E-state index in [-0.39, 0.29) is 0 Å². The Morgan fingerprint density at radius 1 is 1.58 bits per heavy atom. The molecule has 1 atom stereocenters. The van der Waals surface area contributed by atoms with Crippen LogP contribution in [0.25, 0.3) is 0 Å². The third-order valence-electron chi connectivity index (χ3n) is 2.25. The summed E-state index contributed by atoms with van der Waals surface area (Å²) in [5, 5.41) is 0. The van der Waals surface area contributed by atoms with Gasteiger partial charge in [0.25, 0.3) is 0 Å². The van der Waals surface area contributed by atoms with Gasteiger partial charge in [0, 0.05) is 12.5 Å². The van der Waals surface area contributed by atoms with E-state index in [0.717, 1.165) is 13.0 Å². The van der Waals surface area contributed by atoms with Crippen LogP contribution < -0.4 is 0 Å². The summed E-state index contributed by atoms with van der Waals surface area (Å²) in [7, 11) is 0. The van der Waals surface area contributed by atoms with Gasteiger partial charge in [0.15, 0.2) is 0 Å². The Balaban J connectivity index is 2.24. The first-order valence-electron chi connectivity index (χ1n) is 4.66. The molecule has 0 aromatic carbocycles. The molecule has 70 valence electrons. The molecule has 0 radical (unpaired) electrons. The molecule has 1 rings (SSSR count). The van der Waals surface area contributed by atoms with Crippen LogP contribution in [0.5, 0.6) is 0 Å². The minimum Gasteiger partial charge on any atom is -0.378 e. The lowest BCUT2D eigenvalue weighted by atomic mass is 10.0. The topological polar surface area (TPSA) is 9.23 Å². The van der Waals surface area contributed by atoms with Crippen molar-refractivity contribution in [1.29, 1.82) is 0 Å². The highest BCUT2D eigenvalue weighted by atomic mass is 35.5. The second-order valence-electron chi connectivity index (χ2n) is 3.40. The lowest BCUT2D eigenvalue weighted by molar-refractivity contribution is 0.0168. The maximum Gasteiger partial charge on any atom is 0.0612 e. The zero-order valence-corrected chi connectivity index (χ0v) is 8.44. The lowest BCUT2D eigenvalue weighted by Gasteiger charge is -2.22. The van der Waals surface area contributed by atoms with E-state index >= 15 is 0 Å². The van der Waals surface area contributed by atoms with Gasteiger partial charge in [-0.05, 0) is 32.6 Å². The van der Waals surface area contributed by atoms with E-state index in [2.05, 4.69) is 13.0 Å². The van der Waals surface area contributed by atoms with Crippen molar-refractivity contribution in [2.24, 2.45) is 0 Å². The van der Waals surface area contributed by atoms with Crippen molar-refractivity contribution < 1.29 is 4.74 Å². The van der Waals surface area contributed by atoms with Crippen LogP contribution in [0, 0.1) is 0 Å². The average Bonchev–Trinajstić information content (AvgIpc) is 2.06. The number of rotatable bonds is 3. The molecule has 0 aliphatic carbocycles. The van der Waals surface area contributed by atoms with Gasteiger partial charge in [-0.3, -0.25) is 0 Å². The highest BCUT2D eigenvalue weighted by Gasteiger charge is 2.13. The van der Waals surface area contributed by atoms with Crippen molar-refractivity contribution in [3.05, 3.63) is 11.6 Å². The van der Waals surface area contributed by atoms with Crippen molar-refractivity contribution in [3.63, 3.8) is 0 Å². The Bertz CT molecular complexity index is 148. The van der Waals surface area contributed by atoms with Crippen LogP contribution in [-0.4, -0.2) is 18.6 Å². The van der Waals surface area contributed by atoms with E-state index < -0.39 is 0 Å². The fourth-order valence-corrected chi connectivity index (χ4v) is 1.81. The molecule has 1 unspecified atom stereocenters. The Morgan fingerprint density at radius 2 is 2.42 bits per heavy atom. The van der Waals surface area contributed by atoms with Crippen molar-refractivity contribution >= 4 is 11.6 Å². The zero-order chi connectivity index (χ0) is 8.81. The molecular weight excluding hydrogens is 172 g/mol. The molecule has 1 saturated heterocycles. The summed E-state index contributed by atoms with van der Waals surface area (Å²) in [4.78, 5) is 0. The summed E-state index contributed by atoms with van der Waals surface area (Å²) in [6.07, 6.45) is 7.35. The number of hydrogen-bond acceptors (Lipinski definition) is 1. The van der Waals surface area contributed by atoms with Crippen LogP contribution in [0.1, 0.15) is 32.6 Å². The van der Waals surface area contributed by atoms with Gasteiger partial charge in [-0.1, -0.05) is 11.6 Å². The number of hydrogen-bond donors (Lipinski definition) is 0. The van der Waals surface area contributed by atoms with E-state index in [9.17, 15) is 0 Å². The van der Waals surface area contributed by atoms with Gasteiger partial charge in [0.2, 0.25) is 0 Å². The Labute approximate surface area is 79.7 Å². The normalized spacial score (nSPS) is 25.8. The first kappa shape index (κ1) is 10.1. The second-order valence-corrected chi connectivity index (χ2v) is 3.71. The van der Waals surface area contributed by atoms with Crippen molar-refractivity contribution in [2.75, 3.05) is 12.5 Å². The van der Waals surface area contributed by atoms with Gasteiger partial charge >= 0.3 is 0 Å². The van der Waals surface area contributed by atoms with Crippen LogP contribution in [0.4, 0.5) is 0 Å². The highest BCUT2D eigenvalue weighted by molar-refractivity contribution is 6.18. The van der Waals surface area contributed by atoms with Crippen molar-refractivity contribution in [1.82, 2.24) is 0 Å². The summed E-state index contributed by atoms with van der Waals surface area (Å²) in [6.45, 7) is 3.07. The van der Waals surface area contributed by atoms with Crippen molar-refractivity contribution in [3.8, 4) is 0 Å². The van der Waals surface area contributed by atoms with E-state index in [1.54, 1.807) is 0 Å². The monoisotopic (exact) mass is 188 g/mol. The third kappa shape index (κ3) is 3.59. The van der Waals surface area contributed by atoms with Crippen LogP contribution in [-0.2, 0) is 4.74 Å². The predicted molar refractivity (Wildman–Crippen MR) is 52.7 cm³/mol. The molecule has 2 heteroatoms. The molecular formula is C10H17ClO. The molecule has 1 nitrogen and oxygen atoms in total. The van der Waals surface area contributed by atoms with Crippen LogP contribution in [0.3, 0.4) is 0 Å². The maximum absolute atomic E-state index is 5.61. The summed E-state index contributed by atoms with van der Waals surface area (Å²) in [6, 6.07) is 0. The third-order valence-corrected chi connectivity index (χ3v) is 2.40. The van der Waals surface area contributed by atoms with E-state index in [0.29, 0.717) is 12.0 Å². The fraction of sp³-hybridized carbons (Fsp3) is 0.800. The van der Waals surface area contributed by atoms with E-state index in [1.807, 2.05) is 0 Å². The van der Waals surface area contributed by atoms with E-state index in [1.165, 1.54) is 24.8 Å². The molecule has 12 heavy (non-hydrogen) atoms. The van der Waals surface area contributed by atoms with Crippen LogP contribution in [0.2, 0.25) is 0 Å². The first-order valence-corrected chi connectivity index (χ1v) is 5.19. The minimum absolute atomic E-state index is 0.457. The quantitative estimate of drug-likeness (QED) is 0.489. The van der Waals surface area contributed by atoms with Crippen LogP contribution >= 0.6 is 11.6 Å². The zero-order valence-electron chi connectivity index (χ0n) is 7.68. The Kier molecular flexibility index (Phi) is 4.70. The van der Waals surface area contributed by atoms with Gasteiger partial charge in [-0.25, -0.2) is 0 Å². The summed E-state index contributed by atoms with van der Waals surface area (Å²) >= 11 is 5.60. The Hall–Kier alpha value is -0.0100. The summed E-state index contributed by atoms with van der Waals surface area (Å²) in [5.74, 6) is 0.624. The smallest absolute Gasteiger partial charge is 0.0612 e. The average molecular weight is 189 g/mol. The molecule has 0 aromatic rings. The molecule has 1 heterocycles. The number of allylic oxidation sites excluding steroid dienone is 1. The number of alkyl halides is 1. The molecule has 1 aliphatic rings. The Morgan fingerprint density at radius 3 is 3.00 bits per heavy atom. The molecule has 0 spiro atoms. The summed E-state index contributed by atoms with van der Waals surface area (Å²) < 4.78 is 5.61. The first-order chi connectivity index (χ1) is 5.83. The fourth-order valence-electron chi connectivity index (χ4n) is 1.54. The van der Waals surface area contributed by atoms with Gasteiger partial charge in [-0.2, -0.15) is 0 Å². The molecule has 0 amide bonds. The standard InChI is InChI=1S/C10H17ClO/c1-9(5-6-11)8-10-4-2-3-7-12-10/h5,10H,2-4,6-8H2,1H3/b9-5+. The van der Waals surface area contributed by atoms with Gasteiger partial charge in [-0.15, -0.1) is 11.6 Å². The van der Waals surface area contributed by atoms with Crippen molar-refractivity contribution in [2.45, 2.75) is 38.7 Å². The number of ether oxygens (including phenoxy) is 1. The minimum atomic E-state index is 0.457. The van der Waals surface area contributed by atoms with E-state index in [4.69, 9.17) is 16.3 Å². The molecule has 1 aliphatic heterocycles. The van der Waals surface area contributed by atoms with Gasteiger partial charge in [0.05, 0.1) is 6.10 Å².